The van der Waals surface area contributed by atoms with Crippen LogP contribution in [0.2, 0.25) is 0 Å². The van der Waals surface area contributed by atoms with Crippen LogP contribution in [0.3, 0.4) is 0 Å². The standard InChI is InChI=1S/C11H8BrNO3/c1-16-6-2-3-9-7(4-6)8(11(14)15)5-10(12)13-9/h2-5H,1H3,(H,14,15). The first-order valence-corrected chi connectivity index (χ1v) is 5.28. The van der Waals surface area contributed by atoms with E-state index < -0.39 is 5.97 Å². The van der Waals surface area contributed by atoms with E-state index in [9.17, 15) is 4.79 Å². The summed E-state index contributed by atoms with van der Waals surface area (Å²) in [5.74, 6) is -0.375. The van der Waals surface area contributed by atoms with Gasteiger partial charge in [0.1, 0.15) is 10.4 Å². The molecule has 82 valence electrons. The zero-order valence-corrected chi connectivity index (χ0v) is 9.98. The van der Waals surface area contributed by atoms with Gasteiger partial charge in [0.15, 0.2) is 0 Å². The van der Waals surface area contributed by atoms with E-state index in [4.69, 9.17) is 9.84 Å². The molecule has 16 heavy (non-hydrogen) atoms. The second-order valence-electron chi connectivity index (χ2n) is 3.18. The van der Waals surface area contributed by atoms with Crippen molar-refractivity contribution in [1.29, 1.82) is 0 Å². The molecule has 1 heterocycles. The number of carboxylic acid groups (broad SMARTS) is 1. The number of hydrogen-bond acceptors (Lipinski definition) is 3. The Morgan fingerprint density at radius 1 is 1.44 bits per heavy atom. The third-order valence-corrected chi connectivity index (χ3v) is 2.62. The molecule has 0 aliphatic rings. The smallest absolute Gasteiger partial charge is 0.336 e. The molecule has 0 saturated heterocycles. The Morgan fingerprint density at radius 3 is 2.81 bits per heavy atom. The van der Waals surface area contributed by atoms with Gasteiger partial charge in [0.25, 0.3) is 0 Å². The molecule has 1 N–H and O–H groups in total. The lowest BCUT2D eigenvalue weighted by molar-refractivity contribution is 0.0699. The molecular formula is C11H8BrNO3. The molecule has 0 fully saturated rings. The molecule has 2 aromatic rings. The summed E-state index contributed by atoms with van der Waals surface area (Å²) in [6, 6.07) is 6.61. The van der Waals surface area contributed by atoms with Crippen molar-refractivity contribution in [3.8, 4) is 5.75 Å². The highest BCUT2D eigenvalue weighted by molar-refractivity contribution is 9.10. The second-order valence-corrected chi connectivity index (χ2v) is 3.99. The minimum Gasteiger partial charge on any atom is -0.497 e. The predicted octanol–water partition coefficient (Wildman–Crippen LogP) is 2.70. The summed E-state index contributed by atoms with van der Waals surface area (Å²) in [7, 11) is 1.54. The molecule has 0 amide bonds. The van der Waals surface area contributed by atoms with Crippen molar-refractivity contribution in [2.24, 2.45) is 0 Å². The van der Waals surface area contributed by atoms with Crippen LogP contribution >= 0.6 is 15.9 Å². The first-order valence-electron chi connectivity index (χ1n) is 4.49. The number of carboxylic acids is 1. The molecule has 4 nitrogen and oxygen atoms in total. The lowest BCUT2D eigenvalue weighted by atomic mass is 10.1. The molecule has 1 aromatic carbocycles. The van der Waals surface area contributed by atoms with E-state index in [0.717, 1.165) is 0 Å². The number of hydrogen-bond donors (Lipinski definition) is 1. The summed E-state index contributed by atoms with van der Waals surface area (Å²) in [5, 5.41) is 9.65. The number of ether oxygens (including phenoxy) is 1. The number of aromatic carboxylic acids is 1. The molecule has 0 unspecified atom stereocenters. The Labute approximate surface area is 100.0 Å². The molecule has 2 rings (SSSR count). The zero-order valence-electron chi connectivity index (χ0n) is 8.40. The minimum absolute atomic E-state index is 0.204. The van der Waals surface area contributed by atoms with Crippen LogP contribution in [0, 0.1) is 0 Å². The lowest BCUT2D eigenvalue weighted by Crippen LogP contribution is -1.99. The van der Waals surface area contributed by atoms with Crippen molar-refractivity contribution in [1.82, 2.24) is 4.98 Å². The Balaban J connectivity index is 2.80. The molecule has 0 radical (unpaired) electrons. The quantitative estimate of drug-likeness (QED) is 0.860. The van der Waals surface area contributed by atoms with Gasteiger partial charge in [0.05, 0.1) is 18.2 Å². The van der Waals surface area contributed by atoms with Crippen LogP contribution < -0.4 is 4.74 Å². The maximum atomic E-state index is 11.1. The van der Waals surface area contributed by atoms with Gasteiger partial charge in [-0.1, -0.05) is 0 Å². The summed E-state index contributed by atoms with van der Waals surface area (Å²) < 4.78 is 5.56. The third kappa shape index (κ3) is 1.86. The average Bonchev–Trinajstić information content (AvgIpc) is 2.27. The molecule has 0 aliphatic heterocycles. The van der Waals surface area contributed by atoms with Crippen LogP contribution in [0.5, 0.6) is 5.75 Å². The number of aromatic nitrogens is 1. The van der Waals surface area contributed by atoms with Crippen LogP contribution in [0.4, 0.5) is 0 Å². The second kappa shape index (κ2) is 4.09. The molecule has 5 heteroatoms. The Kier molecular flexibility index (Phi) is 2.78. The van der Waals surface area contributed by atoms with E-state index in [0.29, 0.717) is 21.3 Å². The number of methoxy groups -OCH3 is 1. The third-order valence-electron chi connectivity index (χ3n) is 2.22. The Morgan fingerprint density at radius 2 is 2.19 bits per heavy atom. The number of pyridine rings is 1. The highest BCUT2D eigenvalue weighted by Gasteiger charge is 2.11. The first-order chi connectivity index (χ1) is 7.61. The Bertz CT molecular complexity index is 568. The fraction of sp³-hybridized carbons (Fsp3) is 0.0909. The number of halogens is 1. The van der Waals surface area contributed by atoms with E-state index in [1.807, 2.05) is 0 Å². The lowest BCUT2D eigenvalue weighted by Gasteiger charge is -2.05. The normalized spacial score (nSPS) is 10.4. The van der Waals surface area contributed by atoms with Gasteiger partial charge >= 0.3 is 5.97 Å². The summed E-state index contributed by atoms with van der Waals surface area (Å²) in [4.78, 5) is 15.3. The van der Waals surface area contributed by atoms with E-state index in [1.165, 1.54) is 13.2 Å². The van der Waals surface area contributed by atoms with Crippen LogP contribution in [-0.2, 0) is 0 Å². The van der Waals surface area contributed by atoms with E-state index in [2.05, 4.69) is 20.9 Å². The number of benzene rings is 1. The average molecular weight is 282 g/mol. The van der Waals surface area contributed by atoms with Crippen molar-refractivity contribution in [3.05, 3.63) is 34.4 Å². The first kappa shape index (κ1) is 10.9. The minimum atomic E-state index is -0.985. The van der Waals surface area contributed by atoms with Gasteiger partial charge in [-0.3, -0.25) is 0 Å². The van der Waals surface area contributed by atoms with Gasteiger partial charge in [0.2, 0.25) is 0 Å². The van der Waals surface area contributed by atoms with Gasteiger partial charge in [-0.05, 0) is 40.2 Å². The maximum Gasteiger partial charge on any atom is 0.336 e. The van der Waals surface area contributed by atoms with Gasteiger partial charge < -0.3 is 9.84 Å². The summed E-state index contributed by atoms with van der Waals surface area (Å²) in [6.07, 6.45) is 0. The summed E-state index contributed by atoms with van der Waals surface area (Å²) in [5.41, 5.74) is 0.823. The highest BCUT2D eigenvalue weighted by atomic mass is 79.9. The molecule has 0 aliphatic carbocycles. The van der Waals surface area contributed by atoms with Crippen molar-refractivity contribution >= 4 is 32.8 Å². The molecule has 1 aromatic heterocycles. The highest BCUT2D eigenvalue weighted by Crippen LogP contribution is 2.25. The van der Waals surface area contributed by atoms with Gasteiger partial charge in [-0.2, -0.15) is 0 Å². The van der Waals surface area contributed by atoms with Crippen LogP contribution in [-0.4, -0.2) is 23.2 Å². The predicted molar refractivity (Wildman–Crippen MR) is 63.0 cm³/mol. The maximum absolute atomic E-state index is 11.1. The molecule has 0 spiro atoms. The fourth-order valence-corrected chi connectivity index (χ4v) is 1.90. The largest absolute Gasteiger partial charge is 0.497 e. The molecule has 0 atom stereocenters. The molecule has 0 saturated carbocycles. The van der Waals surface area contributed by atoms with E-state index in [1.54, 1.807) is 18.2 Å². The van der Waals surface area contributed by atoms with Crippen molar-refractivity contribution in [3.63, 3.8) is 0 Å². The monoisotopic (exact) mass is 281 g/mol. The number of nitrogens with zero attached hydrogens (tertiary/aromatic N) is 1. The van der Waals surface area contributed by atoms with Crippen molar-refractivity contribution in [2.75, 3.05) is 7.11 Å². The number of rotatable bonds is 2. The topological polar surface area (TPSA) is 59.4 Å². The van der Waals surface area contributed by atoms with E-state index in [-0.39, 0.29) is 5.56 Å². The SMILES string of the molecule is COc1ccc2nc(Br)cc(C(=O)O)c2c1. The van der Waals surface area contributed by atoms with Crippen LogP contribution in [0.15, 0.2) is 28.9 Å². The summed E-state index contributed by atoms with van der Waals surface area (Å²) in [6.45, 7) is 0. The van der Waals surface area contributed by atoms with Crippen molar-refractivity contribution in [2.45, 2.75) is 0 Å². The van der Waals surface area contributed by atoms with Gasteiger partial charge in [0, 0.05) is 5.39 Å². The van der Waals surface area contributed by atoms with Gasteiger partial charge in [-0.25, -0.2) is 9.78 Å². The number of carbonyl (C=O) groups is 1. The summed E-state index contributed by atoms with van der Waals surface area (Å²) >= 11 is 3.18. The molecular weight excluding hydrogens is 274 g/mol. The van der Waals surface area contributed by atoms with Gasteiger partial charge in [-0.15, -0.1) is 0 Å². The number of fused-ring (bicyclic) bond motifs is 1. The van der Waals surface area contributed by atoms with Crippen molar-refractivity contribution < 1.29 is 14.6 Å². The van der Waals surface area contributed by atoms with Crippen LogP contribution in [0.25, 0.3) is 10.9 Å². The Hall–Kier alpha value is -1.62. The van der Waals surface area contributed by atoms with E-state index >= 15 is 0 Å². The zero-order chi connectivity index (χ0) is 11.7. The molecule has 0 bridgehead atoms. The van der Waals surface area contributed by atoms with Crippen LogP contribution in [0.1, 0.15) is 10.4 Å². The fourth-order valence-electron chi connectivity index (χ4n) is 1.48.